The van der Waals surface area contributed by atoms with E-state index in [4.69, 9.17) is 27.9 Å². The van der Waals surface area contributed by atoms with Gasteiger partial charge in [-0.25, -0.2) is 0 Å². The van der Waals surface area contributed by atoms with Crippen LogP contribution in [0.3, 0.4) is 0 Å². The molecule has 0 N–H and O–H groups in total. The zero-order valence-corrected chi connectivity index (χ0v) is 13.0. The van der Waals surface area contributed by atoms with Crippen LogP contribution in [-0.2, 0) is 6.42 Å². The van der Waals surface area contributed by atoms with Gasteiger partial charge >= 0.3 is 0 Å². The average molecular weight is 307 g/mol. The molecule has 1 aliphatic rings. The molecule has 3 heteroatoms. The molecule has 0 saturated heterocycles. The van der Waals surface area contributed by atoms with Crippen molar-refractivity contribution in [2.45, 2.75) is 31.7 Å². The van der Waals surface area contributed by atoms with Crippen molar-refractivity contribution in [3.8, 4) is 5.75 Å². The maximum atomic E-state index is 6.61. The van der Waals surface area contributed by atoms with Gasteiger partial charge in [0.05, 0.1) is 5.38 Å². The Bertz CT molecular complexity index is 631. The van der Waals surface area contributed by atoms with Crippen LogP contribution in [0.15, 0.2) is 36.4 Å². The van der Waals surface area contributed by atoms with Gasteiger partial charge in [0.2, 0.25) is 0 Å². The first-order chi connectivity index (χ1) is 9.52. The first-order valence-corrected chi connectivity index (χ1v) is 7.55. The summed E-state index contributed by atoms with van der Waals surface area (Å²) in [6.07, 6.45) is 1.20. The molecular formula is C17H16Cl2O. The topological polar surface area (TPSA) is 9.23 Å². The molecule has 0 spiro atoms. The first kappa shape index (κ1) is 13.8. The van der Waals surface area contributed by atoms with E-state index in [1.807, 2.05) is 31.2 Å². The molecule has 0 aliphatic carbocycles. The summed E-state index contributed by atoms with van der Waals surface area (Å²) in [5, 5.41) is 0.539. The molecule has 2 unspecified atom stereocenters. The lowest BCUT2D eigenvalue weighted by Crippen LogP contribution is -2.05. The van der Waals surface area contributed by atoms with Crippen molar-refractivity contribution in [2.75, 3.05) is 0 Å². The minimum atomic E-state index is -0.186. The van der Waals surface area contributed by atoms with Gasteiger partial charge in [-0.05, 0) is 54.3 Å². The quantitative estimate of drug-likeness (QED) is 0.684. The van der Waals surface area contributed by atoms with E-state index in [9.17, 15) is 0 Å². The van der Waals surface area contributed by atoms with Crippen molar-refractivity contribution in [3.05, 3.63) is 63.7 Å². The summed E-state index contributed by atoms with van der Waals surface area (Å²) >= 11 is 12.7. The molecule has 2 aromatic rings. The number of fused-ring (bicyclic) bond motifs is 1. The highest BCUT2D eigenvalue weighted by atomic mass is 35.5. The van der Waals surface area contributed by atoms with Crippen LogP contribution in [-0.4, -0.2) is 6.10 Å². The number of hydrogen-bond acceptors (Lipinski definition) is 1. The largest absolute Gasteiger partial charge is 0.490 e. The number of rotatable bonds is 2. The molecule has 2 atom stereocenters. The third kappa shape index (κ3) is 2.65. The highest BCUT2D eigenvalue weighted by Crippen LogP contribution is 2.36. The minimum Gasteiger partial charge on any atom is -0.490 e. The molecule has 0 bridgehead atoms. The molecule has 1 nitrogen and oxygen atoms in total. The van der Waals surface area contributed by atoms with Crippen LogP contribution in [0.5, 0.6) is 5.75 Å². The summed E-state index contributed by atoms with van der Waals surface area (Å²) < 4.78 is 5.72. The van der Waals surface area contributed by atoms with E-state index >= 15 is 0 Å². The van der Waals surface area contributed by atoms with E-state index in [1.54, 1.807) is 0 Å². The summed E-state index contributed by atoms with van der Waals surface area (Å²) in [5.41, 5.74) is 4.48. The molecular weight excluding hydrogens is 291 g/mol. The van der Waals surface area contributed by atoms with Gasteiger partial charge in [0.15, 0.2) is 0 Å². The standard InChI is InChI=1S/C17H16Cl2O/c1-10-5-14(9-15(18)6-10)17(19)12-3-4-16-13(8-12)7-11(2)20-16/h3-6,8-9,11,17H,7H2,1-2H3. The van der Waals surface area contributed by atoms with Gasteiger partial charge in [-0.15, -0.1) is 11.6 Å². The van der Waals surface area contributed by atoms with Crippen molar-refractivity contribution in [3.63, 3.8) is 0 Å². The Balaban J connectivity index is 1.95. The van der Waals surface area contributed by atoms with Crippen LogP contribution in [0.25, 0.3) is 0 Å². The molecule has 0 fully saturated rings. The van der Waals surface area contributed by atoms with Crippen molar-refractivity contribution < 1.29 is 4.74 Å². The highest BCUT2D eigenvalue weighted by Gasteiger charge is 2.21. The molecule has 1 aliphatic heterocycles. The molecule has 3 rings (SSSR count). The normalized spacial score (nSPS) is 18.5. The van der Waals surface area contributed by atoms with E-state index in [-0.39, 0.29) is 11.5 Å². The molecule has 0 amide bonds. The number of hydrogen-bond donors (Lipinski definition) is 0. The van der Waals surface area contributed by atoms with Gasteiger partial charge in [0.1, 0.15) is 11.9 Å². The smallest absolute Gasteiger partial charge is 0.123 e. The summed E-state index contributed by atoms with van der Waals surface area (Å²) in [4.78, 5) is 0. The van der Waals surface area contributed by atoms with E-state index in [0.717, 1.165) is 33.9 Å². The number of halogens is 2. The van der Waals surface area contributed by atoms with E-state index in [0.29, 0.717) is 0 Å². The number of ether oxygens (including phenoxy) is 1. The zero-order chi connectivity index (χ0) is 14.3. The lowest BCUT2D eigenvalue weighted by Gasteiger charge is -2.13. The van der Waals surface area contributed by atoms with Gasteiger partial charge in [-0.2, -0.15) is 0 Å². The molecule has 2 aromatic carbocycles. The zero-order valence-electron chi connectivity index (χ0n) is 11.5. The lowest BCUT2D eigenvalue weighted by atomic mass is 9.99. The predicted octanol–water partition coefficient (Wildman–Crippen LogP) is 5.30. The van der Waals surface area contributed by atoms with Gasteiger partial charge in [-0.1, -0.05) is 29.8 Å². The third-order valence-corrected chi connectivity index (χ3v) is 4.29. The van der Waals surface area contributed by atoms with Gasteiger partial charge < -0.3 is 4.74 Å². The van der Waals surface area contributed by atoms with Crippen LogP contribution in [0.2, 0.25) is 5.02 Å². The Hall–Kier alpha value is -1.18. The molecule has 0 aromatic heterocycles. The highest BCUT2D eigenvalue weighted by molar-refractivity contribution is 6.31. The summed E-state index contributed by atoms with van der Waals surface area (Å²) in [6.45, 7) is 4.11. The third-order valence-electron chi connectivity index (χ3n) is 3.57. The first-order valence-electron chi connectivity index (χ1n) is 6.73. The monoisotopic (exact) mass is 306 g/mol. The number of alkyl halides is 1. The van der Waals surface area contributed by atoms with Crippen molar-refractivity contribution in [2.24, 2.45) is 0 Å². The number of benzene rings is 2. The Morgan fingerprint density at radius 3 is 2.70 bits per heavy atom. The maximum absolute atomic E-state index is 6.61. The molecule has 0 saturated carbocycles. The SMILES string of the molecule is Cc1cc(Cl)cc(C(Cl)c2ccc3c(c2)CC(C)O3)c1. The van der Waals surface area contributed by atoms with Gasteiger partial charge in [0.25, 0.3) is 0 Å². The average Bonchev–Trinajstić information content (AvgIpc) is 2.75. The Kier molecular flexibility index (Phi) is 3.66. The second kappa shape index (κ2) is 5.31. The van der Waals surface area contributed by atoms with Crippen molar-refractivity contribution >= 4 is 23.2 Å². The second-order valence-corrected chi connectivity index (χ2v) is 6.30. The van der Waals surface area contributed by atoms with Crippen LogP contribution in [0.1, 0.15) is 34.6 Å². The van der Waals surface area contributed by atoms with Gasteiger partial charge in [-0.3, -0.25) is 0 Å². The molecule has 0 radical (unpaired) electrons. The summed E-state index contributed by atoms with van der Waals surface area (Å²) in [5.74, 6) is 0.979. The predicted molar refractivity (Wildman–Crippen MR) is 84.1 cm³/mol. The van der Waals surface area contributed by atoms with E-state index in [2.05, 4.69) is 19.1 Å². The van der Waals surface area contributed by atoms with E-state index in [1.165, 1.54) is 5.56 Å². The van der Waals surface area contributed by atoms with Crippen LogP contribution in [0, 0.1) is 6.92 Å². The van der Waals surface area contributed by atoms with Crippen molar-refractivity contribution in [1.82, 2.24) is 0 Å². The Labute approximate surface area is 129 Å². The van der Waals surface area contributed by atoms with Crippen molar-refractivity contribution in [1.29, 1.82) is 0 Å². The Morgan fingerprint density at radius 2 is 1.95 bits per heavy atom. The lowest BCUT2D eigenvalue weighted by molar-refractivity contribution is 0.254. The fourth-order valence-electron chi connectivity index (χ4n) is 2.70. The second-order valence-electron chi connectivity index (χ2n) is 5.42. The summed E-state index contributed by atoms with van der Waals surface area (Å²) in [6, 6.07) is 12.1. The number of aryl methyl sites for hydroxylation is 1. The molecule has 1 heterocycles. The van der Waals surface area contributed by atoms with Gasteiger partial charge in [0, 0.05) is 11.4 Å². The van der Waals surface area contributed by atoms with Crippen LogP contribution < -0.4 is 4.74 Å². The fourth-order valence-corrected chi connectivity index (χ4v) is 3.26. The van der Waals surface area contributed by atoms with Crippen LogP contribution in [0.4, 0.5) is 0 Å². The molecule has 20 heavy (non-hydrogen) atoms. The van der Waals surface area contributed by atoms with E-state index < -0.39 is 0 Å². The summed E-state index contributed by atoms with van der Waals surface area (Å²) in [7, 11) is 0. The minimum absolute atomic E-state index is 0.186. The Morgan fingerprint density at radius 1 is 1.15 bits per heavy atom. The molecule has 104 valence electrons. The maximum Gasteiger partial charge on any atom is 0.123 e. The fraction of sp³-hybridized carbons (Fsp3) is 0.294. The van der Waals surface area contributed by atoms with Crippen LogP contribution >= 0.6 is 23.2 Å².